The summed E-state index contributed by atoms with van der Waals surface area (Å²) in [5, 5.41) is 7.12. The molecule has 1 N–H and O–H groups in total. The van der Waals surface area contributed by atoms with Gasteiger partial charge in [0.25, 0.3) is 10.7 Å². The Morgan fingerprint density at radius 2 is 1.93 bits per heavy atom. The van der Waals surface area contributed by atoms with Crippen LogP contribution in [0, 0.1) is 4.84 Å². The summed E-state index contributed by atoms with van der Waals surface area (Å²) in [7, 11) is 0. The lowest BCUT2D eigenvalue weighted by molar-refractivity contribution is -0.122. The molecular formula is C22H23N3O3S. The minimum absolute atomic E-state index is 0.00795. The van der Waals surface area contributed by atoms with Crippen molar-refractivity contribution in [2.75, 3.05) is 0 Å². The Labute approximate surface area is 174 Å². The van der Waals surface area contributed by atoms with Crippen molar-refractivity contribution in [3.63, 3.8) is 0 Å². The summed E-state index contributed by atoms with van der Waals surface area (Å²) in [5.74, 6) is 0.964. The van der Waals surface area contributed by atoms with E-state index in [0.717, 1.165) is 24.2 Å². The van der Waals surface area contributed by atoms with Gasteiger partial charge in [0.1, 0.15) is 12.3 Å². The van der Waals surface area contributed by atoms with E-state index >= 15 is 0 Å². The van der Waals surface area contributed by atoms with Crippen LogP contribution >= 0.6 is 12.2 Å². The molecule has 150 valence electrons. The van der Waals surface area contributed by atoms with E-state index in [9.17, 15) is 4.79 Å². The second-order valence-corrected chi connectivity index (χ2v) is 7.46. The van der Waals surface area contributed by atoms with Crippen LogP contribution in [0.1, 0.15) is 35.4 Å². The van der Waals surface area contributed by atoms with Gasteiger partial charge in [0.15, 0.2) is 6.61 Å². The summed E-state index contributed by atoms with van der Waals surface area (Å²) in [6, 6.07) is 15.9. The van der Waals surface area contributed by atoms with E-state index < -0.39 is 0 Å². The van der Waals surface area contributed by atoms with E-state index in [4.69, 9.17) is 21.4 Å². The maximum atomic E-state index is 12.2. The first kappa shape index (κ1) is 19.4. The zero-order chi connectivity index (χ0) is 20.1. The Kier molecular flexibility index (Phi) is 6.05. The van der Waals surface area contributed by atoms with Gasteiger partial charge < -0.3 is 14.5 Å². The van der Waals surface area contributed by atoms with E-state index in [1.54, 1.807) is 0 Å². The number of hydrogen-bond acceptors (Lipinski definition) is 5. The highest BCUT2D eigenvalue weighted by molar-refractivity contribution is 7.71. The van der Waals surface area contributed by atoms with Gasteiger partial charge in [-0.15, -0.1) is 5.10 Å². The molecule has 0 bridgehead atoms. The van der Waals surface area contributed by atoms with Gasteiger partial charge in [0.05, 0.1) is 0 Å². The van der Waals surface area contributed by atoms with Crippen LogP contribution in [-0.4, -0.2) is 15.7 Å². The highest BCUT2D eigenvalue weighted by atomic mass is 32.1. The second kappa shape index (κ2) is 9.05. The quantitative estimate of drug-likeness (QED) is 0.598. The van der Waals surface area contributed by atoms with Crippen LogP contribution in [0.3, 0.4) is 0 Å². The third-order valence-electron chi connectivity index (χ3n) is 4.96. The molecule has 1 aliphatic carbocycles. The molecule has 0 saturated carbocycles. The minimum atomic E-state index is -0.180. The normalized spacial score (nSPS) is 13.0. The number of carbonyl (C=O) groups excluding carboxylic acids is 1. The highest BCUT2D eigenvalue weighted by Crippen LogP contribution is 2.25. The highest BCUT2D eigenvalue weighted by Gasteiger charge is 2.12. The van der Waals surface area contributed by atoms with Gasteiger partial charge in [0.2, 0.25) is 5.91 Å². The van der Waals surface area contributed by atoms with Crippen LogP contribution < -0.4 is 10.1 Å². The van der Waals surface area contributed by atoms with Crippen molar-refractivity contribution in [2.45, 2.75) is 45.4 Å². The molecule has 4 rings (SSSR count). The molecule has 0 atom stereocenters. The molecule has 0 aliphatic heterocycles. The third kappa shape index (κ3) is 5.12. The number of aromatic nitrogens is 2. The largest absolute Gasteiger partial charge is 0.484 e. The van der Waals surface area contributed by atoms with Gasteiger partial charge >= 0.3 is 0 Å². The minimum Gasteiger partial charge on any atom is -0.484 e. The van der Waals surface area contributed by atoms with Crippen molar-refractivity contribution < 1.29 is 13.9 Å². The zero-order valence-corrected chi connectivity index (χ0v) is 16.9. The molecule has 1 amide bonds. The number of ether oxygens (including phenoxy) is 1. The van der Waals surface area contributed by atoms with Crippen LogP contribution in [0.2, 0.25) is 0 Å². The summed E-state index contributed by atoms with van der Waals surface area (Å²) >= 11 is 5.18. The molecule has 7 heteroatoms. The van der Waals surface area contributed by atoms with E-state index in [1.807, 2.05) is 36.4 Å². The van der Waals surface area contributed by atoms with E-state index in [0.29, 0.717) is 12.4 Å². The van der Waals surface area contributed by atoms with Crippen LogP contribution in [0.4, 0.5) is 0 Å². The number of benzene rings is 2. The number of fused-ring (bicyclic) bond motifs is 1. The number of rotatable bonds is 7. The molecule has 29 heavy (non-hydrogen) atoms. The standard InChI is InChI=1S/C22H23N3O3S/c26-20(23-13-16-6-2-1-3-7-16)14-25-22(29)28-21(24-25)15-27-19-11-10-17-8-4-5-9-18(17)12-19/h1-3,6-7,10-12H,4-5,8-9,13-15H2,(H,23,26). The molecule has 0 fully saturated rings. The number of hydrogen-bond donors (Lipinski definition) is 1. The first-order valence-corrected chi connectivity index (χ1v) is 10.2. The van der Waals surface area contributed by atoms with Gasteiger partial charge in [-0.25, -0.2) is 4.68 Å². The lowest BCUT2D eigenvalue weighted by atomic mass is 9.92. The fourth-order valence-electron chi connectivity index (χ4n) is 3.44. The molecule has 1 heterocycles. The van der Waals surface area contributed by atoms with Gasteiger partial charge in [0, 0.05) is 6.54 Å². The number of amides is 1. The summed E-state index contributed by atoms with van der Waals surface area (Å²) < 4.78 is 12.7. The molecule has 1 aromatic heterocycles. The topological polar surface area (TPSA) is 69.3 Å². The molecule has 0 radical (unpaired) electrons. The fourth-order valence-corrected chi connectivity index (χ4v) is 3.64. The molecule has 0 saturated heterocycles. The molecule has 1 aliphatic rings. The Morgan fingerprint density at radius 1 is 1.14 bits per heavy atom. The maximum Gasteiger partial charge on any atom is 0.287 e. The fraction of sp³-hybridized carbons (Fsp3) is 0.318. The van der Waals surface area contributed by atoms with Crippen LogP contribution in [0.15, 0.2) is 52.9 Å². The van der Waals surface area contributed by atoms with Crippen molar-refractivity contribution in [3.8, 4) is 5.75 Å². The number of nitrogens with zero attached hydrogens (tertiary/aromatic N) is 2. The molecule has 3 aromatic rings. The summed E-state index contributed by atoms with van der Waals surface area (Å²) in [6.45, 7) is 0.633. The first-order valence-electron chi connectivity index (χ1n) is 9.79. The smallest absolute Gasteiger partial charge is 0.287 e. The molecular weight excluding hydrogens is 386 g/mol. The van der Waals surface area contributed by atoms with Crippen molar-refractivity contribution in [1.82, 2.24) is 15.1 Å². The predicted octanol–water partition coefficient (Wildman–Crippen LogP) is 3.98. The van der Waals surface area contributed by atoms with Gasteiger partial charge in [-0.3, -0.25) is 4.79 Å². The van der Waals surface area contributed by atoms with Crippen LogP contribution in [0.25, 0.3) is 0 Å². The van der Waals surface area contributed by atoms with Gasteiger partial charge in [-0.05, 0) is 66.7 Å². The zero-order valence-electron chi connectivity index (χ0n) is 16.1. The number of aryl methyl sites for hydroxylation is 2. The summed E-state index contributed by atoms with van der Waals surface area (Å²) in [4.78, 5) is 12.3. The Hall–Kier alpha value is -2.93. The first-order chi connectivity index (χ1) is 14.2. The van der Waals surface area contributed by atoms with E-state index in [2.05, 4.69) is 22.5 Å². The third-order valence-corrected chi connectivity index (χ3v) is 5.25. The Bertz CT molecular complexity index is 1040. The van der Waals surface area contributed by atoms with Crippen molar-refractivity contribution in [3.05, 3.63) is 75.9 Å². The van der Waals surface area contributed by atoms with Crippen molar-refractivity contribution >= 4 is 18.1 Å². The lowest BCUT2D eigenvalue weighted by Crippen LogP contribution is -2.27. The van der Waals surface area contributed by atoms with Crippen molar-refractivity contribution in [2.24, 2.45) is 0 Å². The van der Waals surface area contributed by atoms with Crippen LogP contribution in [0.5, 0.6) is 5.75 Å². The number of carbonyl (C=O) groups is 1. The summed E-state index contributed by atoms with van der Waals surface area (Å²) in [6.07, 6.45) is 4.72. The second-order valence-electron chi connectivity index (χ2n) is 7.11. The van der Waals surface area contributed by atoms with Gasteiger partial charge in [-0.2, -0.15) is 0 Å². The average molecular weight is 410 g/mol. The monoisotopic (exact) mass is 409 g/mol. The summed E-state index contributed by atoms with van der Waals surface area (Å²) in [5.41, 5.74) is 3.80. The maximum absolute atomic E-state index is 12.2. The van der Waals surface area contributed by atoms with E-state index in [1.165, 1.54) is 28.7 Å². The Morgan fingerprint density at radius 3 is 2.76 bits per heavy atom. The van der Waals surface area contributed by atoms with Gasteiger partial charge in [-0.1, -0.05) is 36.4 Å². The van der Waals surface area contributed by atoms with Crippen molar-refractivity contribution in [1.29, 1.82) is 0 Å². The molecule has 0 spiro atoms. The molecule has 6 nitrogen and oxygen atoms in total. The predicted molar refractivity (Wildman–Crippen MR) is 111 cm³/mol. The van der Waals surface area contributed by atoms with Crippen LogP contribution in [-0.2, 0) is 37.3 Å². The van der Waals surface area contributed by atoms with E-state index in [-0.39, 0.29) is 23.9 Å². The Balaban J connectivity index is 1.32. The number of nitrogens with one attached hydrogen (secondary N) is 1. The average Bonchev–Trinajstić information content (AvgIpc) is 3.10. The SMILES string of the molecule is O=C(Cn1nc(COc2ccc3c(c2)CCCC3)oc1=S)NCc1ccccc1. The molecule has 0 unspecified atom stereocenters. The lowest BCUT2D eigenvalue weighted by Gasteiger charge is -2.16. The molecule has 2 aromatic carbocycles.